The van der Waals surface area contributed by atoms with E-state index >= 15 is 0 Å². The Hall–Kier alpha value is -3.29. The van der Waals surface area contributed by atoms with E-state index in [1.54, 1.807) is 17.0 Å². The van der Waals surface area contributed by atoms with Gasteiger partial charge in [-0.25, -0.2) is 4.79 Å². The second-order valence-corrected chi connectivity index (χ2v) is 7.71. The van der Waals surface area contributed by atoms with Crippen molar-refractivity contribution in [2.75, 3.05) is 18.4 Å². The lowest BCUT2D eigenvalue weighted by molar-refractivity contribution is -0.124. The van der Waals surface area contributed by atoms with E-state index in [9.17, 15) is 14.4 Å². The number of furan rings is 1. The van der Waals surface area contributed by atoms with Crippen LogP contribution in [0.15, 0.2) is 47.1 Å². The first kappa shape index (κ1) is 21.4. The van der Waals surface area contributed by atoms with Crippen LogP contribution in [0.2, 0.25) is 0 Å². The molecule has 0 spiro atoms. The third-order valence-electron chi connectivity index (χ3n) is 5.02. The topological polar surface area (TPSA) is 104 Å². The molecule has 0 radical (unpaired) electrons. The summed E-state index contributed by atoms with van der Waals surface area (Å²) in [4.78, 5) is 38.9. The smallest absolute Gasteiger partial charge is 0.321 e. The van der Waals surface area contributed by atoms with E-state index in [1.165, 1.54) is 6.26 Å². The van der Waals surface area contributed by atoms with Crippen LogP contribution >= 0.6 is 0 Å². The molecule has 8 nitrogen and oxygen atoms in total. The van der Waals surface area contributed by atoms with E-state index in [1.807, 2.05) is 38.1 Å². The van der Waals surface area contributed by atoms with Gasteiger partial charge in [0.05, 0.1) is 6.26 Å². The molecule has 1 aromatic carbocycles. The highest BCUT2D eigenvalue weighted by Gasteiger charge is 2.25. The molecule has 1 saturated heterocycles. The molecule has 1 aromatic heterocycles. The van der Waals surface area contributed by atoms with Crippen molar-refractivity contribution in [1.29, 1.82) is 0 Å². The monoisotopic (exact) mass is 412 g/mol. The first-order valence-corrected chi connectivity index (χ1v) is 10.2. The fraction of sp³-hybridized carbons (Fsp3) is 0.409. The van der Waals surface area contributed by atoms with E-state index < -0.39 is 11.9 Å². The molecule has 2 aromatic rings. The molecule has 1 aliphatic rings. The van der Waals surface area contributed by atoms with Crippen LogP contribution in [0, 0.1) is 5.92 Å². The molecule has 4 amide bonds. The van der Waals surface area contributed by atoms with Gasteiger partial charge in [0.1, 0.15) is 6.04 Å². The van der Waals surface area contributed by atoms with Gasteiger partial charge in [-0.1, -0.05) is 26.0 Å². The summed E-state index contributed by atoms with van der Waals surface area (Å²) in [7, 11) is 0. The van der Waals surface area contributed by atoms with Gasteiger partial charge in [-0.3, -0.25) is 9.59 Å². The van der Waals surface area contributed by atoms with Crippen LogP contribution in [-0.4, -0.2) is 41.9 Å². The quantitative estimate of drug-likeness (QED) is 0.650. The Bertz CT molecular complexity index is 873. The summed E-state index contributed by atoms with van der Waals surface area (Å²) in [6.07, 6.45) is 3.48. The van der Waals surface area contributed by atoms with Gasteiger partial charge in [-0.15, -0.1) is 0 Å². The molecule has 2 heterocycles. The lowest BCUT2D eigenvalue weighted by Crippen LogP contribution is -2.49. The molecule has 0 bridgehead atoms. The zero-order valence-corrected chi connectivity index (χ0v) is 17.3. The maximum Gasteiger partial charge on any atom is 0.321 e. The van der Waals surface area contributed by atoms with Crippen LogP contribution in [0.1, 0.15) is 42.8 Å². The van der Waals surface area contributed by atoms with E-state index in [-0.39, 0.29) is 30.2 Å². The zero-order valence-electron chi connectivity index (χ0n) is 17.3. The fourth-order valence-corrected chi connectivity index (χ4v) is 3.34. The van der Waals surface area contributed by atoms with Gasteiger partial charge in [-0.05, 0) is 48.6 Å². The van der Waals surface area contributed by atoms with Crippen molar-refractivity contribution < 1.29 is 18.8 Å². The highest BCUT2D eigenvalue weighted by molar-refractivity contribution is 5.95. The molecule has 1 unspecified atom stereocenters. The molecule has 3 N–H and O–H groups in total. The maximum absolute atomic E-state index is 12.7. The Balaban J connectivity index is 1.55. The van der Waals surface area contributed by atoms with Crippen LogP contribution in [0.4, 0.5) is 10.5 Å². The average Bonchev–Trinajstić information content (AvgIpc) is 3.44. The van der Waals surface area contributed by atoms with Gasteiger partial charge in [-0.2, -0.15) is 0 Å². The predicted octanol–water partition coefficient (Wildman–Crippen LogP) is 2.98. The fourth-order valence-electron chi connectivity index (χ4n) is 3.34. The molecule has 3 rings (SSSR count). The minimum Gasteiger partial charge on any atom is -0.459 e. The molecule has 1 aliphatic heterocycles. The van der Waals surface area contributed by atoms with Crippen LogP contribution in [0.3, 0.4) is 0 Å². The summed E-state index contributed by atoms with van der Waals surface area (Å²) in [5.41, 5.74) is 1.53. The molecule has 160 valence electrons. The van der Waals surface area contributed by atoms with Crippen LogP contribution in [0.5, 0.6) is 0 Å². The van der Waals surface area contributed by atoms with E-state index in [2.05, 4.69) is 16.0 Å². The van der Waals surface area contributed by atoms with Crippen molar-refractivity contribution in [2.45, 2.75) is 39.3 Å². The van der Waals surface area contributed by atoms with Crippen molar-refractivity contribution in [1.82, 2.24) is 15.5 Å². The molecule has 8 heteroatoms. The van der Waals surface area contributed by atoms with Crippen molar-refractivity contribution in [3.8, 4) is 0 Å². The van der Waals surface area contributed by atoms with Gasteiger partial charge in [0, 0.05) is 25.3 Å². The minimum atomic E-state index is -0.694. The largest absolute Gasteiger partial charge is 0.459 e. The van der Waals surface area contributed by atoms with Crippen LogP contribution in [-0.2, 0) is 11.3 Å². The normalized spacial score (nSPS) is 14.4. The van der Waals surface area contributed by atoms with E-state index in [0.29, 0.717) is 5.69 Å². The van der Waals surface area contributed by atoms with Gasteiger partial charge in [0.2, 0.25) is 5.91 Å². The number of likely N-dealkylation sites (tertiary alicyclic amines) is 1. The Kier molecular flexibility index (Phi) is 7.11. The number of carbonyl (C=O) groups is 3. The number of benzene rings is 1. The highest BCUT2D eigenvalue weighted by Crippen LogP contribution is 2.14. The second kappa shape index (κ2) is 9.96. The number of amides is 4. The summed E-state index contributed by atoms with van der Waals surface area (Å²) >= 11 is 0. The maximum atomic E-state index is 12.7. The number of nitrogens with one attached hydrogen (secondary N) is 3. The number of hydrogen-bond donors (Lipinski definition) is 3. The summed E-state index contributed by atoms with van der Waals surface area (Å²) in [6, 6.07) is 9.73. The number of anilines is 1. The zero-order chi connectivity index (χ0) is 21.5. The molecular weight excluding hydrogens is 384 g/mol. The SMILES string of the molecule is CC(C)C(NC(=O)c1ccco1)C(=O)NCc1cccc(NC(=O)N2CCCC2)c1. The molecule has 0 saturated carbocycles. The summed E-state index contributed by atoms with van der Waals surface area (Å²) in [5, 5.41) is 8.48. The number of carbonyl (C=O) groups excluding carboxylic acids is 3. The molecular formula is C22H28N4O4. The lowest BCUT2D eigenvalue weighted by Gasteiger charge is -2.21. The highest BCUT2D eigenvalue weighted by atomic mass is 16.3. The predicted molar refractivity (Wildman–Crippen MR) is 113 cm³/mol. The van der Waals surface area contributed by atoms with Gasteiger partial charge in [0.25, 0.3) is 5.91 Å². The first-order chi connectivity index (χ1) is 14.4. The van der Waals surface area contributed by atoms with Gasteiger partial charge >= 0.3 is 6.03 Å². The molecule has 1 fully saturated rings. The van der Waals surface area contributed by atoms with Crippen LogP contribution < -0.4 is 16.0 Å². The molecule has 0 aliphatic carbocycles. The number of urea groups is 1. The van der Waals surface area contributed by atoms with Crippen molar-refractivity contribution in [3.05, 3.63) is 54.0 Å². The lowest BCUT2D eigenvalue weighted by atomic mass is 10.0. The molecule has 30 heavy (non-hydrogen) atoms. The Labute approximate surface area is 176 Å². The summed E-state index contributed by atoms with van der Waals surface area (Å²) in [6.45, 7) is 5.57. The van der Waals surface area contributed by atoms with Crippen molar-refractivity contribution in [3.63, 3.8) is 0 Å². The summed E-state index contributed by atoms with van der Waals surface area (Å²) in [5.74, 6) is -0.651. The van der Waals surface area contributed by atoms with E-state index in [4.69, 9.17) is 4.42 Å². The Morgan fingerprint density at radius 1 is 1.10 bits per heavy atom. The van der Waals surface area contributed by atoms with Crippen LogP contribution in [0.25, 0.3) is 0 Å². The standard InChI is InChI=1S/C22H28N4O4/c1-15(2)19(25-20(27)18-9-6-12-30-18)21(28)23-14-16-7-5-8-17(13-16)24-22(29)26-10-3-4-11-26/h5-9,12-13,15,19H,3-4,10-11,14H2,1-2H3,(H,23,28)(H,24,29)(H,25,27). The number of hydrogen-bond acceptors (Lipinski definition) is 4. The Morgan fingerprint density at radius 3 is 2.53 bits per heavy atom. The van der Waals surface area contributed by atoms with Gasteiger partial charge < -0.3 is 25.3 Å². The first-order valence-electron chi connectivity index (χ1n) is 10.2. The second-order valence-electron chi connectivity index (χ2n) is 7.71. The van der Waals surface area contributed by atoms with Crippen molar-refractivity contribution >= 4 is 23.5 Å². The third kappa shape index (κ3) is 5.62. The van der Waals surface area contributed by atoms with Crippen molar-refractivity contribution in [2.24, 2.45) is 5.92 Å². The average molecular weight is 412 g/mol. The number of rotatable bonds is 7. The summed E-state index contributed by atoms with van der Waals surface area (Å²) < 4.78 is 5.08. The number of nitrogens with zero attached hydrogens (tertiary/aromatic N) is 1. The van der Waals surface area contributed by atoms with E-state index in [0.717, 1.165) is 31.5 Å². The third-order valence-corrected chi connectivity index (χ3v) is 5.02. The van der Waals surface area contributed by atoms with Gasteiger partial charge in [0.15, 0.2) is 5.76 Å². The Morgan fingerprint density at radius 2 is 1.87 bits per heavy atom. The molecule has 1 atom stereocenters. The minimum absolute atomic E-state index is 0.102.